The van der Waals surface area contributed by atoms with Crippen LogP contribution >= 0.6 is 23.1 Å². The smallest absolute Gasteiger partial charge is 0.264 e. The SMILES string of the molecule is FC(F)Sc1nnc(-c2cccnc2)s1. The lowest BCUT2D eigenvalue weighted by molar-refractivity contribution is 0.252. The van der Waals surface area contributed by atoms with E-state index in [-0.39, 0.29) is 4.34 Å². The van der Waals surface area contributed by atoms with Crippen molar-refractivity contribution in [3.8, 4) is 10.6 Å². The van der Waals surface area contributed by atoms with Crippen molar-refractivity contribution >= 4 is 23.1 Å². The second kappa shape index (κ2) is 4.63. The van der Waals surface area contributed by atoms with E-state index in [1.54, 1.807) is 18.5 Å². The van der Waals surface area contributed by atoms with Crippen molar-refractivity contribution in [2.45, 2.75) is 10.1 Å². The van der Waals surface area contributed by atoms with Gasteiger partial charge in [0, 0.05) is 18.0 Å². The minimum absolute atomic E-state index is 0.267. The van der Waals surface area contributed by atoms with Crippen molar-refractivity contribution < 1.29 is 8.78 Å². The Hall–Kier alpha value is -1.08. The maximum Gasteiger partial charge on any atom is 0.291 e. The fourth-order valence-electron chi connectivity index (χ4n) is 0.940. The van der Waals surface area contributed by atoms with Crippen LogP contribution in [0.2, 0.25) is 0 Å². The first-order valence-corrected chi connectivity index (χ1v) is 5.64. The molecule has 2 heterocycles. The lowest BCUT2D eigenvalue weighted by Crippen LogP contribution is -1.79. The molecule has 78 valence electrons. The number of rotatable bonds is 3. The highest BCUT2D eigenvalue weighted by molar-refractivity contribution is 8.01. The number of hydrogen-bond donors (Lipinski definition) is 0. The Balaban J connectivity index is 2.21. The van der Waals surface area contributed by atoms with Crippen molar-refractivity contribution in [2.75, 3.05) is 0 Å². The van der Waals surface area contributed by atoms with E-state index in [4.69, 9.17) is 0 Å². The molecule has 0 aromatic carbocycles. The summed E-state index contributed by atoms with van der Waals surface area (Å²) in [5.41, 5.74) is 0.788. The lowest BCUT2D eigenvalue weighted by Gasteiger charge is -1.91. The second-order valence-corrected chi connectivity index (χ2v) is 4.71. The minimum Gasteiger partial charge on any atom is -0.264 e. The van der Waals surface area contributed by atoms with Crippen molar-refractivity contribution in [2.24, 2.45) is 0 Å². The molecule has 0 aliphatic carbocycles. The van der Waals surface area contributed by atoms with Gasteiger partial charge in [-0.1, -0.05) is 11.3 Å². The summed E-state index contributed by atoms with van der Waals surface area (Å²) in [4.78, 5) is 3.92. The first-order valence-electron chi connectivity index (χ1n) is 3.94. The van der Waals surface area contributed by atoms with Crippen molar-refractivity contribution in [3.05, 3.63) is 24.5 Å². The standard InChI is InChI=1S/C8H5F2N3S2/c9-7(10)15-8-13-12-6(14-8)5-2-1-3-11-4-5/h1-4,7H. The summed E-state index contributed by atoms with van der Waals surface area (Å²) in [5, 5.41) is 8.07. The molecule has 15 heavy (non-hydrogen) atoms. The topological polar surface area (TPSA) is 38.7 Å². The van der Waals surface area contributed by atoms with Crippen LogP contribution in [0.15, 0.2) is 28.9 Å². The third-order valence-electron chi connectivity index (χ3n) is 1.50. The van der Waals surface area contributed by atoms with Crippen LogP contribution in [0.25, 0.3) is 10.6 Å². The van der Waals surface area contributed by atoms with Crippen molar-refractivity contribution in [1.29, 1.82) is 0 Å². The molecule has 3 nitrogen and oxygen atoms in total. The van der Waals surface area contributed by atoms with E-state index in [1.165, 1.54) is 0 Å². The Kier molecular flexibility index (Phi) is 3.22. The molecule has 0 aliphatic heterocycles. The average Bonchev–Trinajstić information content (AvgIpc) is 2.67. The summed E-state index contributed by atoms with van der Waals surface area (Å²) < 4.78 is 24.3. The maximum atomic E-state index is 12.0. The van der Waals surface area contributed by atoms with E-state index in [2.05, 4.69) is 15.2 Å². The Labute approximate surface area is 92.6 Å². The van der Waals surface area contributed by atoms with Crippen LogP contribution in [0, 0.1) is 0 Å². The second-order valence-electron chi connectivity index (χ2n) is 2.49. The molecule has 2 aromatic rings. The Morgan fingerprint density at radius 2 is 2.20 bits per heavy atom. The molecular formula is C8H5F2N3S2. The van der Waals surface area contributed by atoms with Gasteiger partial charge in [-0.2, -0.15) is 8.78 Å². The third kappa shape index (κ3) is 2.69. The summed E-state index contributed by atoms with van der Waals surface area (Å²) in [5.74, 6) is -2.46. The fourth-order valence-corrected chi connectivity index (χ4v) is 2.39. The van der Waals surface area contributed by atoms with Gasteiger partial charge in [-0.15, -0.1) is 10.2 Å². The number of pyridine rings is 1. The van der Waals surface area contributed by atoms with Gasteiger partial charge in [-0.05, 0) is 23.9 Å². The predicted molar refractivity (Wildman–Crippen MR) is 55.0 cm³/mol. The normalized spacial score (nSPS) is 10.9. The molecule has 0 N–H and O–H groups in total. The van der Waals surface area contributed by atoms with Gasteiger partial charge in [0.05, 0.1) is 0 Å². The van der Waals surface area contributed by atoms with Crippen LogP contribution in [0.1, 0.15) is 0 Å². The van der Waals surface area contributed by atoms with Gasteiger partial charge in [-0.3, -0.25) is 4.98 Å². The van der Waals surface area contributed by atoms with E-state index < -0.39 is 5.76 Å². The lowest BCUT2D eigenvalue weighted by atomic mass is 10.3. The molecule has 2 aromatic heterocycles. The minimum atomic E-state index is -2.46. The number of thioether (sulfide) groups is 1. The predicted octanol–water partition coefficient (Wildman–Crippen LogP) is 2.91. The molecule has 0 saturated heterocycles. The molecule has 0 bridgehead atoms. The summed E-state index contributed by atoms with van der Waals surface area (Å²) in [6.07, 6.45) is 3.26. The van der Waals surface area contributed by atoms with Crippen LogP contribution < -0.4 is 0 Å². The molecule has 0 amide bonds. The summed E-state index contributed by atoms with van der Waals surface area (Å²) in [6, 6.07) is 3.57. The highest BCUT2D eigenvalue weighted by atomic mass is 32.2. The monoisotopic (exact) mass is 245 g/mol. The zero-order valence-corrected chi connectivity index (χ0v) is 8.93. The van der Waals surface area contributed by atoms with Crippen LogP contribution in [0.4, 0.5) is 8.78 Å². The number of alkyl halides is 2. The Morgan fingerprint density at radius 3 is 2.87 bits per heavy atom. The summed E-state index contributed by atoms with van der Waals surface area (Å²) in [6.45, 7) is 0. The van der Waals surface area contributed by atoms with Crippen molar-refractivity contribution in [1.82, 2.24) is 15.2 Å². The van der Waals surface area contributed by atoms with Gasteiger partial charge in [0.15, 0.2) is 4.34 Å². The highest BCUT2D eigenvalue weighted by Crippen LogP contribution is 2.31. The Bertz CT molecular complexity index is 432. The molecule has 0 spiro atoms. The van der Waals surface area contributed by atoms with Gasteiger partial charge in [0.1, 0.15) is 5.01 Å². The van der Waals surface area contributed by atoms with Gasteiger partial charge in [-0.25, -0.2) is 0 Å². The fraction of sp³-hybridized carbons (Fsp3) is 0.125. The summed E-state index contributed by atoms with van der Waals surface area (Å²) >= 11 is 1.54. The van der Waals surface area contributed by atoms with E-state index in [0.717, 1.165) is 16.9 Å². The van der Waals surface area contributed by atoms with E-state index >= 15 is 0 Å². The maximum absolute atomic E-state index is 12.0. The zero-order chi connectivity index (χ0) is 10.7. The number of halogens is 2. The largest absolute Gasteiger partial charge is 0.291 e. The van der Waals surface area contributed by atoms with E-state index in [9.17, 15) is 8.78 Å². The molecule has 0 fully saturated rings. The zero-order valence-electron chi connectivity index (χ0n) is 7.30. The molecular weight excluding hydrogens is 240 g/mol. The first-order chi connectivity index (χ1) is 7.25. The van der Waals surface area contributed by atoms with Gasteiger partial charge in [0.2, 0.25) is 0 Å². The van der Waals surface area contributed by atoms with Gasteiger partial charge < -0.3 is 0 Å². The van der Waals surface area contributed by atoms with Crippen LogP contribution in [0.5, 0.6) is 0 Å². The first kappa shape index (κ1) is 10.4. The summed E-state index contributed by atoms with van der Waals surface area (Å²) in [7, 11) is 0. The average molecular weight is 245 g/mol. The van der Waals surface area contributed by atoms with E-state index in [1.807, 2.05) is 6.07 Å². The van der Waals surface area contributed by atoms with E-state index in [0.29, 0.717) is 16.8 Å². The quantitative estimate of drug-likeness (QED) is 0.779. The van der Waals surface area contributed by atoms with Gasteiger partial charge >= 0.3 is 0 Å². The molecule has 0 atom stereocenters. The number of hydrogen-bond acceptors (Lipinski definition) is 5. The number of nitrogens with zero attached hydrogens (tertiary/aromatic N) is 3. The molecule has 0 unspecified atom stereocenters. The van der Waals surface area contributed by atoms with Gasteiger partial charge in [0.25, 0.3) is 5.76 Å². The third-order valence-corrected chi connectivity index (χ3v) is 3.27. The highest BCUT2D eigenvalue weighted by Gasteiger charge is 2.11. The van der Waals surface area contributed by atoms with Crippen LogP contribution in [0.3, 0.4) is 0 Å². The molecule has 2 rings (SSSR count). The molecule has 0 aliphatic rings. The van der Waals surface area contributed by atoms with Crippen LogP contribution in [-0.2, 0) is 0 Å². The van der Waals surface area contributed by atoms with Crippen LogP contribution in [-0.4, -0.2) is 20.9 Å². The molecule has 0 saturated carbocycles. The molecule has 0 radical (unpaired) electrons. The number of aromatic nitrogens is 3. The van der Waals surface area contributed by atoms with Crippen molar-refractivity contribution in [3.63, 3.8) is 0 Å². The molecule has 7 heteroatoms. The Morgan fingerprint density at radius 1 is 1.33 bits per heavy atom.